The van der Waals surface area contributed by atoms with E-state index in [1.165, 1.54) is 23.1 Å². The number of nitrogens with zero attached hydrogens (tertiary/aromatic N) is 3. The summed E-state index contributed by atoms with van der Waals surface area (Å²) in [5.74, 6) is 0. The highest BCUT2D eigenvalue weighted by Crippen LogP contribution is 2.28. The van der Waals surface area contributed by atoms with Crippen LogP contribution < -0.4 is 5.73 Å². The highest BCUT2D eigenvalue weighted by molar-refractivity contribution is 8.00. The largest absolute Gasteiger partial charge is 0.399 e. The maximum atomic E-state index is 5.72. The molecular weight excluding hydrogens is 252 g/mol. The summed E-state index contributed by atoms with van der Waals surface area (Å²) in [4.78, 5) is 4.54. The second-order valence-electron chi connectivity index (χ2n) is 3.41. The molecule has 4 nitrogen and oxygen atoms in total. The lowest BCUT2D eigenvalue weighted by molar-refractivity contribution is 1.01. The molecule has 0 fully saturated rings. The topological polar surface area (TPSA) is 64.7 Å². The first-order valence-corrected chi connectivity index (χ1v) is 6.61. The SMILES string of the molecule is Nc1ccc2nc(Sc3nncs3)ccc2c1. The monoisotopic (exact) mass is 260 g/mol. The molecule has 0 unspecified atom stereocenters. The standard InChI is InChI=1S/C11H8N4S2/c12-8-2-3-9-7(5-8)1-4-10(14-9)17-11-15-13-6-16-11/h1-6H,12H2. The Kier molecular flexibility index (Phi) is 2.66. The molecule has 0 radical (unpaired) electrons. The molecule has 0 bridgehead atoms. The number of anilines is 1. The van der Waals surface area contributed by atoms with Crippen molar-refractivity contribution in [1.29, 1.82) is 0 Å². The Hall–Kier alpha value is -1.66. The van der Waals surface area contributed by atoms with Gasteiger partial charge in [-0.1, -0.05) is 17.4 Å². The van der Waals surface area contributed by atoms with Crippen LogP contribution in [0, 0.1) is 0 Å². The third kappa shape index (κ3) is 2.22. The fourth-order valence-electron chi connectivity index (χ4n) is 1.48. The fraction of sp³-hybridized carbons (Fsp3) is 0. The number of hydrogen-bond donors (Lipinski definition) is 1. The van der Waals surface area contributed by atoms with E-state index in [0.717, 1.165) is 26.0 Å². The molecule has 84 valence electrons. The Morgan fingerprint density at radius 2 is 2.12 bits per heavy atom. The number of aromatic nitrogens is 3. The molecule has 0 aliphatic rings. The van der Waals surface area contributed by atoms with E-state index in [2.05, 4.69) is 15.2 Å². The molecule has 2 heterocycles. The van der Waals surface area contributed by atoms with E-state index in [9.17, 15) is 0 Å². The molecule has 17 heavy (non-hydrogen) atoms. The van der Waals surface area contributed by atoms with Crippen molar-refractivity contribution < 1.29 is 0 Å². The van der Waals surface area contributed by atoms with Gasteiger partial charge in [-0.05, 0) is 36.0 Å². The molecule has 2 aromatic heterocycles. The first kappa shape index (κ1) is 10.5. The maximum Gasteiger partial charge on any atom is 0.180 e. The zero-order chi connectivity index (χ0) is 11.7. The lowest BCUT2D eigenvalue weighted by Crippen LogP contribution is -1.86. The molecule has 2 N–H and O–H groups in total. The number of pyridine rings is 1. The fourth-order valence-corrected chi connectivity index (χ4v) is 2.88. The molecular formula is C11H8N4S2. The average Bonchev–Trinajstić information content (AvgIpc) is 2.82. The molecule has 0 spiro atoms. The molecule has 1 aromatic carbocycles. The van der Waals surface area contributed by atoms with Crippen LogP contribution in [-0.2, 0) is 0 Å². The van der Waals surface area contributed by atoms with Gasteiger partial charge in [0.25, 0.3) is 0 Å². The van der Waals surface area contributed by atoms with Crippen molar-refractivity contribution in [1.82, 2.24) is 15.2 Å². The summed E-state index contributed by atoms with van der Waals surface area (Å²) in [6, 6.07) is 9.68. The van der Waals surface area contributed by atoms with Gasteiger partial charge in [-0.25, -0.2) is 4.98 Å². The van der Waals surface area contributed by atoms with Gasteiger partial charge in [-0.15, -0.1) is 10.2 Å². The van der Waals surface area contributed by atoms with Gasteiger partial charge in [0.15, 0.2) is 4.34 Å². The van der Waals surface area contributed by atoms with Crippen LogP contribution >= 0.6 is 23.1 Å². The van der Waals surface area contributed by atoms with Crippen LogP contribution in [0.25, 0.3) is 10.9 Å². The molecule has 0 atom stereocenters. The highest BCUT2D eigenvalue weighted by Gasteiger charge is 2.03. The molecule has 3 rings (SSSR count). The lowest BCUT2D eigenvalue weighted by atomic mass is 10.2. The first-order chi connectivity index (χ1) is 8.31. The Morgan fingerprint density at radius 3 is 2.94 bits per heavy atom. The number of nitrogens with two attached hydrogens (primary N) is 1. The molecule has 0 saturated heterocycles. The van der Waals surface area contributed by atoms with Crippen LogP contribution in [0.2, 0.25) is 0 Å². The van der Waals surface area contributed by atoms with Crippen molar-refractivity contribution in [2.75, 3.05) is 5.73 Å². The van der Waals surface area contributed by atoms with Crippen molar-refractivity contribution in [3.8, 4) is 0 Å². The summed E-state index contributed by atoms with van der Waals surface area (Å²) >= 11 is 3.02. The Morgan fingerprint density at radius 1 is 1.18 bits per heavy atom. The van der Waals surface area contributed by atoms with Crippen molar-refractivity contribution in [3.05, 3.63) is 35.8 Å². The zero-order valence-electron chi connectivity index (χ0n) is 8.70. The number of hydrogen-bond acceptors (Lipinski definition) is 6. The first-order valence-electron chi connectivity index (χ1n) is 4.91. The van der Waals surface area contributed by atoms with Gasteiger partial charge >= 0.3 is 0 Å². The third-order valence-electron chi connectivity index (χ3n) is 2.22. The van der Waals surface area contributed by atoms with E-state index in [0.29, 0.717) is 0 Å². The summed E-state index contributed by atoms with van der Waals surface area (Å²) in [6.45, 7) is 0. The molecule has 0 aliphatic heterocycles. The minimum atomic E-state index is 0.754. The predicted octanol–water partition coefficient (Wildman–Crippen LogP) is 2.82. The van der Waals surface area contributed by atoms with Crippen LogP contribution in [0.15, 0.2) is 45.2 Å². The van der Waals surface area contributed by atoms with E-state index in [4.69, 9.17) is 5.73 Å². The molecule has 3 aromatic rings. The maximum absolute atomic E-state index is 5.72. The van der Waals surface area contributed by atoms with E-state index >= 15 is 0 Å². The second kappa shape index (κ2) is 4.31. The minimum absolute atomic E-state index is 0.754. The van der Waals surface area contributed by atoms with E-state index < -0.39 is 0 Å². The van der Waals surface area contributed by atoms with Crippen LogP contribution in [0.1, 0.15) is 0 Å². The van der Waals surface area contributed by atoms with E-state index in [1.807, 2.05) is 30.3 Å². The van der Waals surface area contributed by atoms with Crippen molar-refractivity contribution in [3.63, 3.8) is 0 Å². The van der Waals surface area contributed by atoms with Gasteiger partial charge in [0.1, 0.15) is 10.5 Å². The number of benzene rings is 1. The molecule has 0 saturated carbocycles. The van der Waals surface area contributed by atoms with E-state index in [1.54, 1.807) is 5.51 Å². The van der Waals surface area contributed by atoms with Crippen molar-refractivity contribution >= 4 is 39.7 Å². The van der Waals surface area contributed by atoms with Gasteiger partial charge in [-0.3, -0.25) is 0 Å². The molecule has 0 amide bonds. The average molecular weight is 260 g/mol. The van der Waals surface area contributed by atoms with Gasteiger partial charge in [-0.2, -0.15) is 0 Å². The zero-order valence-corrected chi connectivity index (χ0v) is 10.3. The number of nitrogen functional groups attached to an aromatic ring is 1. The summed E-state index contributed by atoms with van der Waals surface area (Å²) in [7, 11) is 0. The number of rotatable bonds is 2. The quantitative estimate of drug-likeness (QED) is 0.718. The van der Waals surface area contributed by atoms with Crippen molar-refractivity contribution in [2.24, 2.45) is 0 Å². The second-order valence-corrected chi connectivity index (χ2v) is 5.51. The van der Waals surface area contributed by atoms with Crippen LogP contribution in [0.3, 0.4) is 0 Å². The number of fused-ring (bicyclic) bond motifs is 1. The predicted molar refractivity (Wildman–Crippen MR) is 70.2 cm³/mol. The normalized spacial score (nSPS) is 10.8. The Labute approximate surface area is 106 Å². The van der Waals surface area contributed by atoms with Gasteiger partial charge in [0, 0.05) is 11.1 Å². The van der Waals surface area contributed by atoms with Crippen LogP contribution in [-0.4, -0.2) is 15.2 Å². The van der Waals surface area contributed by atoms with Gasteiger partial charge in [0.05, 0.1) is 5.52 Å². The summed E-state index contributed by atoms with van der Waals surface area (Å²) in [5, 5.41) is 9.74. The van der Waals surface area contributed by atoms with Gasteiger partial charge in [0.2, 0.25) is 0 Å². The Balaban J connectivity index is 1.99. The Bertz CT molecular complexity index is 652. The van der Waals surface area contributed by atoms with E-state index in [-0.39, 0.29) is 0 Å². The molecule has 0 aliphatic carbocycles. The van der Waals surface area contributed by atoms with Crippen LogP contribution in [0.5, 0.6) is 0 Å². The van der Waals surface area contributed by atoms with Gasteiger partial charge < -0.3 is 5.73 Å². The summed E-state index contributed by atoms with van der Waals surface area (Å²) < 4.78 is 0.896. The summed E-state index contributed by atoms with van der Waals surface area (Å²) in [6.07, 6.45) is 0. The third-order valence-corrected chi connectivity index (χ3v) is 3.93. The minimum Gasteiger partial charge on any atom is -0.399 e. The lowest BCUT2D eigenvalue weighted by Gasteiger charge is -2.01. The van der Waals surface area contributed by atoms with Crippen LogP contribution in [0.4, 0.5) is 5.69 Å². The molecule has 6 heteroatoms. The smallest absolute Gasteiger partial charge is 0.180 e. The van der Waals surface area contributed by atoms with Crippen molar-refractivity contribution in [2.45, 2.75) is 9.37 Å². The highest BCUT2D eigenvalue weighted by atomic mass is 32.2. The summed E-state index contributed by atoms with van der Waals surface area (Å²) in [5.41, 5.74) is 9.13.